The van der Waals surface area contributed by atoms with Gasteiger partial charge in [0.25, 0.3) is 11.6 Å². The monoisotopic (exact) mass is 401 g/mol. The van der Waals surface area contributed by atoms with Crippen LogP contribution in [0.5, 0.6) is 0 Å². The second kappa shape index (κ2) is 7.75. The number of hydrogen-bond acceptors (Lipinski definition) is 6. The van der Waals surface area contributed by atoms with E-state index in [1.165, 1.54) is 12.1 Å². The van der Waals surface area contributed by atoms with Gasteiger partial charge in [-0.15, -0.1) is 0 Å². The third-order valence-electron chi connectivity index (χ3n) is 4.93. The molecule has 0 bridgehead atoms. The number of anilines is 3. The number of non-ortho nitro benzene ring substituents is 1. The van der Waals surface area contributed by atoms with E-state index < -0.39 is 4.92 Å². The standard InChI is InChI=1S/C22H19N5O3/c1-3-26-20-18(22(28)25(2)19-8-5-11-23-21(19)26)13-16(14-24-20)10-9-15-6-4-7-17(12-15)27(29)30/h4-14H,3H2,1-2H3. The van der Waals surface area contributed by atoms with Gasteiger partial charge in [-0.3, -0.25) is 14.9 Å². The normalized spacial score (nSPS) is 13.2. The van der Waals surface area contributed by atoms with Crippen molar-refractivity contribution in [3.8, 4) is 0 Å². The molecule has 1 aliphatic heterocycles. The first-order valence-corrected chi connectivity index (χ1v) is 9.42. The fourth-order valence-electron chi connectivity index (χ4n) is 3.42. The van der Waals surface area contributed by atoms with Crippen LogP contribution in [0.4, 0.5) is 23.0 Å². The van der Waals surface area contributed by atoms with E-state index in [-0.39, 0.29) is 11.6 Å². The summed E-state index contributed by atoms with van der Waals surface area (Å²) in [6, 6.07) is 11.8. The fourth-order valence-corrected chi connectivity index (χ4v) is 3.42. The van der Waals surface area contributed by atoms with E-state index >= 15 is 0 Å². The van der Waals surface area contributed by atoms with Crippen LogP contribution in [0.2, 0.25) is 0 Å². The number of carbonyl (C=O) groups is 1. The maximum atomic E-state index is 13.1. The quantitative estimate of drug-likeness (QED) is 0.478. The molecule has 3 heterocycles. The van der Waals surface area contributed by atoms with Gasteiger partial charge in [-0.1, -0.05) is 24.3 Å². The molecule has 0 unspecified atom stereocenters. The lowest BCUT2D eigenvalue weighted by Crippen LogP contribution is -2.25. The van der Waals surface area contributed by atoms with E-state index in [0.29, 0.717) is 29.3 Å². The van der Waals surface area contributed by atoms with Crippen molar-refractivity contribution in [2.24, 2.45) is 0 Å². The molecule has 1 amide bonds. The van der Waals surface area contributed by atoms with E-state index in [0.717, 1.165) is 11.3 Å². The first-order chi connectivity index (χ1) is 14.5. The number of fused-ring (bicyclic) bond motifs is 2. The number of nitro benzene ring substituents is 1. The number of hydrogen-bond donors (Lipinski definition) is 0. The Hall–Kier alpha value is -4.07. The number of carbonyl (C=O) groups excluding carboxylic acids is 1. The maximum absolute atomic E-state index is 13.1. The summed E-state index contributed by atoms with van der Waals surface area (Å²) in [7, 11) is 1.72. The topological polar surface area (TPSA) is 92.5 Å². The first-order valence-electron chi connectivity index (χ1n) is 9.42. The highest BCUT2D eigenvalue weighted by Crippen LogP contribution is 2.37. The van der Waals surface area contributed by atoms with Gasteiger partial charge in [0, 0.05) is 38.1 Å². The molecule has 0 aliphatic carbocycles. The van der Waals surface area contributed by atoms with Gasteiger partial charge in [0.1, 0.15) is 5.82 Å². The second-order valence-electron chi connectivity index (χ2n) is 6.78. The molecule has 8 heteroatoms. The van der Waals surface area contributed by atoms with Crippen LogP contribution in [0.25, 0.3) is 12.2 Å². The van der Waals surface area contributed by atoms with Crippen molar-refractivity contribution in [2.45, 2.75) is 6.92 Å². The summed E-state index contributed by atoms with van der Waals surface area (Å²) in [4.78, 5) is 36.2. The van der Waals surface area contributed by atoms with Crippen LogP contribution in [0.3, 0.4) is 0 Å². The molecule has 1 aromatic carbocycles. The summed E-state index contributed by atoms with van der Waals surface area (Å²) < 4.78 is 0. The van der Waals surface area contributed by atoms with Crippen molar-refractivity contribution in [1.29, 1.82) is 0 Å². The van der Waals surface area contributed by atoms with E-state index in [1.807, 2.05) is 17.9 Å². The van der Waals surface area contributed by atoms with E-state index in [1.54, 1.807) is 60.8 Å². The number of pyridine rings is 2. The predicted octanol–water partition coefficient (Wildman–Crippen LogP) is 4.30. The van der Waals surface area contributed by atoms with E-state index in [4.69, 9.17) is 0 Å². The molecule has 0 N–H and O–H groups in total. The fraction of sp³-hybridized carbons (Fsp3) is 0.136. The largest absolute Gasteiger partial charge is 0.309 e. The Morgan fingerprint density at radius 2 is 1.87 bits per heavy atom. The average molecular weight is 401 g/mol. The van der Waals surface area contributed by atoms with Crippen LogP contribution in [0.15, 0.2) is 54.9 Å². The zero-order chi connectivity index (χ0) is 21.3. The molecule has 0 saturated carbocycles. The number of nitro groups is 1. The SMILES string of the molecule is CCN1c2ncc(C=Cc3cccc([N+](=O)[O-])c3)cc2C(=O)N(C)c2cccnc21. The van der Waals surface area contributed by atoms with Crippen LogP contribution in [0.1, 0.15) is 28.4 Å². The molecule has 0 fully saturated rings. The number of rotatable bonds is 4. The van der Waals surface area contributed by atoms with Gasteiger partial charge in [-0.25, -0.2) is 9.97 Å². The highest BCUT2D eigenvalue weighted by atomic mass is 16.6. The minimum Gasteiger partial charge on any atom is -0.309 e. The molecule has 0 spiro atoms. The number of nitrogens with zero attached hydrogens (tertiary/aromatic N) is 5. The van der Waals surface area contributed by atoms with Crippen molar-refractivity contribution < 1.29 is 9.72 Å². The first kappa shape index (κ1) is 19.3. The second-order valence-corrected chi connectivity index (χ2v) is 6.78. The summed E-state index contributed by atoms with van der Waals surface area (Å²) in [5.41, 5.74) is 2.62. The molecule has 0 radical (unpaired) electrons. The Labute approximate surface area is 173 Å². The minimum absolute atomic E-state index is 0.0258. The summed E-state index contributed by atoms with van der Waals surface area (Å²) >= 11 is 0. The van der Waals surface area contributed by atoms with Gasteiger partial charge < -0.3 is 9.80 Å². The van der Waals surface area contributed by atoms with Crippen LogP contribution in [-0.4, -0.2) is 34.4 Å². The average Bonchev–Trinajstić information content (AvgIpc) is 2.86. The van der Waals surface area contributed by atoms with Crippen molar-refractivity contribution in [3.05, 3.63) is 81.7 Å². The predicted molar refractivity (Wildman–Crippen MR) is 116 cm³/mol. The molecular formula is C22H19N5O3. The minimum atomic E-state index is -0.430. The third kappa shape index (κ3) is 3.39. The lowest BCUT2D eigenvalue weighted by molar-refractivity contribution is -0.384. The lowest BCUT2D eigenvalue weighted by Gasteiger charge is -2.22. The number of benzene rings is 1. The van der Waals surface area contributed by atoms with Crippen molar-refractivity contribution >= 4 is 41.1 Å². The molecule has 150 valence electrons. The lowest BCUT2D eigenvalue weighted by atomic mass is 10.1. The Morgan fingerprint density at radius 3 is 2.63 bits per heavy atom. The Kier molecular flexibility index (Phi) is 4.97. The van der Waals surface area contributed by atoms with Gasteiger partial charge in [0.2, 0.25) is 0 Å². The number of aromatic nitrogens is 2. The van der Waals surface area contributed by atoms with Crippen molar-refractivity contribution in [1.82, 2.24) is 9.97 Å². The van der Waals surface area contributed by atoms with Gasteiger partial charge in [0.15, 0.2) is 5.82 Å². The molecular weight excluding hydrogens is 382 g/mol. The molecule has 1 aliphatic rings. The van der Waals surface area contributed by atoms with Crippen LogP contribution >= 0.6 is 0 Å². The summed E-state index contributed by atoms with van der Waals surface area (Å²) in [6.45, 7) is 2.59. The van der Waals surface area contributed by atoms with Crippen LogP contribution in [-0.2, 0) is 0 Å². The Balaban J connectivity index is 1.74. The van der Waals surface area contributed by atoms with Gasteiger partial charge in [-0.05, 0) is 36.2 Å². The molecule has 0 saturated heterocycles. The van der Waals surface area contributed by atoms with Gasteiger partial charge in [-0.2, -0.15) is 0 Å². The molecule has 30 heavy (non-hydrogen) atoms. The zero-order valence-corrected chi connectivity index (χ0v) is 16.5. The van der Waals surface area contributed by atoms with E-state index in [2.05, 4.69) is 9.97 Å². The van der Waals surface area contributed by atoms with Gasteiger partial charge >= 0.3 is 0 Å². The smallest absolute Gasteiger partial charge is 0.270 e. The van der Waals surface area contributed by atoms with Gasteiger partial charge in [0.05, 0.1) is 16.2 Å². The Bertz CT molecular complexity index is 1170. The maximum Gasteiger partial charge on any atom is 0.270 e. The van der Waals surface area contributed by atoms with Crippen LogP contribution in [0, 0.1) is 10.1 Å². The third-order valence-corrected chi connectivity index (χ3v) is 4.93. The molecule has 0 atom stereocenters. The van der Waals surface area contributed by atoms with Crippen molar-refractivity contribution in [3.63, 3.8) is 0 Å². The highest BCUT2D eigenvalue weighted by molar-refractivity contribution is 6.12. The zero-order valence-electron chi connectivity index (χ0n) is 16.5. The molecule has 2 aromatic heterocycles. The van der Waals surface area contributed by atoms with Crippen LogP contribution < -0.4 is 9.80 Å². The molecule has 3 aromatic rings. The summed E-state index contributed by atoms with van der Waals surface area (Å²) in [6.07, 6.45) is 6.92. The molecule has 4 rings (SSSR count). The number of amides is 1. The van der Waals surface area contributed by atoms with Crippen molar-refractivity contribution in [2.75, 3.05) is 23.4 Å². The summed E-state index contributed by atoms with van der Waals surface area (Å²) in [5, 5.41) is 11.0. The highest BCUT2D eigenvalue weighted by Gasteiger charge is 2.30. The molecule has 8 nitrogen and oxygen atoms in total. The Morgan fingerprint density at radius 1 is 1.07 bits per heavy atom. The van der Waals surface area contributed by atoms with E-state index in [9.17, 15) is 14.9 Å². The summed E-state index contributed by atoms with van der Waals surface area (Å²) in [5.74, 6) is 1.06.